The van der Waals surface area contributed by atoms with Gasteiger partial charge in [0.25, 0.3) is 11.5 Å². The zero-order valence-corrected chi connectivity index (χ0v) is 17.1. The zero-order chi connectivity index (χ0) is 20.4. The van der Waals surface area contributed by atoms with E-state index >= 15 is 0 Å². The molecule has 3 aromatic rings. The average Bonchev–Trinajstić information content (AvgIpc) is 3.00. The van der Waals surface area contributed by atoms with Crippen molar-refractivity contribution in [3.63, 3.8) is 0 Å². The maximum Gasteiger partial charge on any atom is 0.261 e. The van der Waals surface area contributed by atoms with Gasteiger partial charge < -0.3 is 4.90 Å². The largest absolute Gasteiger partial charge is 0.309 e. The Balaban J connectivity index is 1.72. The number of aryl methyl sites for hydroxylation is 2. The number of nitrogens with zero attached hydrogens (tertiary/aromatic N) is 3. The van der Waals surface area contributed by atoms with Crippen molar-refractivity contribution >= 4 is 22.5 Å². The number of carbonyl (C=O) groups excluding carboxylic acids is 1. The number of aromatic nitrogens is 2. The highest BCUT2D eigenvalue weighted by molar-refractivity contribution is 6.07. The van der Waals surface area contributed by atoms with E-state index in [1.54, 1.807) is 23.1 Å². The fraction of sp³-hybridized carbons (Fsp3) is 0.375. The van der Waals surface area contributed by atoms with E-state index < -0.39 is 0 Å². The summed E-state index contributed by atoms with van der Waals surface area (Å²) >= 11 is 0. The highest BCUT2D eigenvalue weighted by Crippen LogP contribution is 2.21. The van der Waals surface area contributed by atoms with Crippen LogP contribution in [0.2, 0.25) is 0 Å². The Hall–Kier alpha value is -2.95. The standard InChI is InChI=1S/C24H27N3O2/c1-3-17-9-12-19(13-10-17)26(4-2)23(28)18-11-14-20-21(16-18)25-22-8-6-5-7-15-27(22)24(20)29/h9-14,16H,3-8,15H2,1-2H3. The molecule has 0 saturated carbocycles. The van der Waals surface area contributed by atoms with Crippen molar-refractivity contribution < 1.29 is 4.79 Å². The van der Waals surface area contributed by atoms with Crippen molar-refractivity contribution in [2.45, 2.75) is 52.5 Å². The predicted octanol–water partition coefficient (Wildman–Crippen LogP) is 4.35. The lowest BCUT2D eigenvalue weighted by molar-refractivity contribution is 0.0988. The minimum atomic E-state index is -0.0736. The molecule has 0 saturated heterocycles. The van der Waals surface area contributed by atoms with Gasteiger partial charge in [-0.05, 0) is 62.1 Å². The molecule has 1 aromatic heterocycles. The maximum atomic E-state index is 13.2. The fourth-order valence-electron chi connectivity index (χ4n) is 4.06. The van der Waals surface area contributed by atoms with Crippen LogP contribution in [0.15, 0.2) is 47.3 Å². The molecule has 29 heavy (non-hydrogen) atoms. The summed E-state index contributed by atoms with van der Waals surface area (Å²) in [7, 11) is 0. The van der Waals surface area contributed by atoms with E-state index in [0.29, 0.717) is 23.0 Å². The Bertz CT molecular complexity index is 1100. The number of hydrogen-bond acceptors (Lipinski definition) is 3. The first-order valence-electron chi connectivity index (χ1n) is 10.6. The van der Waals surface area contributed by atoms with Crippen LogP contribution in [0.4, 0.5) is 5.69 Å². The number of amides is 1. The summed E-state index contributed by atoms with van der Waals surface area (Å²) < 4.78 is 1.81. The van der Waals surface area contributed by atoms with Gasteiger partial charge in [-0.3, -0.25) is 14.2 Å². The minimum absolute atomic E-state index is 0.00778. The molecule has 1 aliphatic rings. The van der Waals surface area contributed by atoms with Crippen LogP contribution in [-0.4, -0.2) is 22.0 Å². The number of carbonyl (C=O) groups is 1. The number of benzene rings is 2. The molecule has 5 nitrogen and oxygen atoms in total. The van der Waals surface area contributed by atoms with Crippen molar-refractivity contribution in [1.82, 2.24) is 9.55 Å². The van der Waals surface area contributed by atoms with Crippen LogP contribution in [-0.2, 0) is 19.4 Å². The molecule has 1 amide bonds. The van der Waals surface area contributed by atoms with Gasteiger partial charge in [-0.25, -0.2) is 4.98 Å². The van der Waals surface area contributed by atoms with Crippen LogP contribution in [0, 0.1) is 0 Å². The molecule has 2 heterocycles. The Labute approximate surface area is 171 Å². The van der Waals surface area contributed by atoms with Crippen LogP contribution in [0.3, 0.4) is 0 Å². The molecule has 2 aromatic carbocycles. The van der Waals surface area contributed by atoms with Gasteiger partial charge in [-0.1, -0.05) is 25.5 Å². The molecular weight excluding hydrogens is 362 g/mol. The summed E-state index contributed by atoms with van der Waals surface area (Å²) in [6, 6.07) is 13.4. The van der Waals surface area contributed by atoms with Gasteiger partial charge in [-0.15, -0.1) is 0 Å². The summed E-state index contributed by atoms with van der Waals surface area (Å²) in [5.74, 6) is 0.766. The summed E-state index contributed by atoms with van der Waals surface area (Å²) in [6.45, 7) is 5.39. The van der Waals surface area contributed by atoms with Crippen LogP contribution in [0.1, 0.15) is 54.9 Å². The van der Waals surface area contributed by atoms with Crippen molar-refractivity contribution in [2.75, 3.05) is 11.4 Å². The van der Waals surface area contributed by atoms with Crippen molar-refractivity contribution in [3.05, 3.63) is 69.8 Å². The Kier molecular flexibility index (Phi) is 5.47. The monoisotopic (exact) mass is 389 g/mol. The molecule has 5 heteroatoms. The summed E-state index contributed by atoms with van der Waals surface area (Å²) in [5, 5.41) is 0.586. The number of hydrogen-bond donors (Lipinski definition) is 0. The van der Waals surface area contributed by atoms with Crippen LogP contribution in [0.25, 0.3) is 10.9 Å². The molecule has 0 fully saturated rings. The van der Waals surface area contributed by atoms with Crippen LogP contribution in [0.5, 0.6) is 0 Å². The summed E-state index contributed by atoms with van der Waals surface area (Å²) in [5.41, 5.74) is 3.31. The van der Waals surface area contributed by atoms with E-state index in [-0.39, 0.29) is 11.5 Å². The van der Waals surface area contributed by atoms with Crippen molar-refractivity contribution in [2.24, 2.45) is 0 Å². The molecule has 0 radical (unpaired) electrons. The molecule has 0 atom stereocenters. The topological polar surface area (TPSA) is 55.2 Å². The molecule has 150 valence electrons. The van der Waals surface area contributed by atoms with E-state index in [2.05, 4.69) is 19.1 Å². The van der Waals surface area contributed by atoms with E-state index in [0.717, 1.165) is 50.2 Å². The van der Waals surface area contributed by atoms with Crippen molar-refractivity contribution in [3.8, 4) is 0 Å². The first kappa shape index (κ1) is 19.4. The highest BCUT2D eigenvalue weighted by atomic mass is 16.2. The lowest BCUT2D eigenvalue weighted by atomic mass is 10.1. The molecule has 0 aliphatic carbocycles. The van der Waals surface area contributed by atoms with Gasteiger partial charge >= 0.3 is 0 Å². The lowest BCUT2D eigenvalue weighted by Crippen LogP contribution is -2.31. The van der Waals surface area contributed by atoms with Gasteiger partial charge in [-0.2, -0.15) is 0 Å². The summed E-state index contributed by atoms with van der Waals surface area (Å²) in [6.07, 6.45) is 4.96. The Morgan fingerprint density at radius 3 is 2.59 bits per heavy atom. The second kappa shape index (κ2) is 8.19. The lowest BCUT2D eigenvalue weighted by Gasteiger charge is -2.21. The first-order chi connectivity index (χ1) is 14.1. The van der Waals surface area contributed by atoms with Crippen LogP contribution >= 0.6 is 0 Å². The van der Waals surface area contributed by atoms with E-state index in [4.69, 9.17) is 4.98 Å². The van der Waals surface area contributed by atoms with E-state index in [9.17, 15) is 9.59 Å². The van der Waals surface area contributed by atoms with Gasteiger partial charge in [0.15, 0.2) is 0 Å². The van der Waals surface area contributed by atoms with Gasteiger partial charge in [0.05, 0.1) is 10.9 Å². The summed E-state index contributed by atoms with van der Waals surface area (Å²) in [4.78, 5) is 32.6. The third-order valence-corrected chi connectivity index (χ3v) is 5.78. The van der Waals surface area contributed by atoms with Crippen molar-refractivity contribution in [1.29, 1.82) is 0 Å². The second-order valence-electron chi connectivity index (χ2n) is 7.60. The SMILES string of the molecule is CCc1ccc(N(CC)C(=O)c2ccc3c(=O)n4c(nc3c2)CCCCC4)cc1. The Morgan fingerprint density at radius 2 is 1.86 bits per heavy atom. The molecule has 0 unspecified atom stereocenters. The highest BCUT2D eigenvalue weighted by Gasteiger charge is 2.19. The van der Waals surface area contributed by atoms with Crippen LogP contribution < -0.4 is 10.5 Å². The number of fused-ring (bicyclic) bond motifs is 2. The van der Waals surface area contributed by atoms with Gasteiger partial charge in [0, 0.05) is 30.8 Å². The third kappa shape index (κ3) is 3.69. The molecule has 0 bridgehead atoms. The predicted molar refractivity (Wildman–Crippen MR) is 117 cm³/mol. The average molecular weight is 389 g/mol. The quantitative estimate of drug-likeness (QED) is 0.666. The minimum Gasteiger partial charge on any atom is -0.309 e. The smallest absolute Gasteiger partial charge is 0.261 e. The fourth-order valence-corrected chi connectivity index (χ4v) is 4.06. The molecular formula is C24H27N3O2. The molecule has 0 N–H and O–H groups in total. The molecule has 1 aliphatic heterocycles. The number of rotatable bonds is 4. The third-order valence-electron chi connectivity index (χ3n) is 5.78. The van der Waals surface area contributed by atoms with E-state index in [1.165, 1.54) is 5.56 Å². The number of anilines is 1. The van der Waals surface area contributed by atoms with E-state index in [1.807, 2.05) is 23.6 Å². The Morgan fingerprint density at radius 1 is 1.07 bits per heavy atom. The van der Waals surface area contributed by atoms with Gasteiger partial charge in [0.2, 0.25) is 0 Å². The molecule has 0 spiro atoms. The molecule has 4 rings (SSSR count). The normalized spacial score (nSPS) is 13.7. The zero-order valence-electron chi connectivity index (χ0n) is 17.1. The maximum absolute atomic E-state index is 13.2. The first-order valence-corrected chi connectivity index (χ1v) is 10.6. The van der Waals surface area contributed by atoms with Gasteiger partial charge in [0.1, 0.15) is 5.82 Å². The second-order valence-corrected chi connectivity index (χ2v) is 7.60.